The standard InChI is InChI=1S/C12H22N2O3/c1-11(2,3)17-10(16)14-13-8-12(9-15)6-4-5-7-12/h9,13H,4-8H2,1-3H3,(H,14,16). The molecule has 1 amide bonds. The van der Waals surface area contributed by atoms with E-state index in [4.69, 9.17) is 4.74 Å². The molecule has 5 heteroatoms. The lowest BCUT2D eigenvalue weighted by molar-refractivity contribution is -0.115. The highest BCUT2D eigenvalue weighted by molar-refractivity contribution is 5.67. The highest BCUT2D eigenvalue weighted by Gasteiger charge is 2.33. The lowest BCUT2D eigenvalue weighted by Crippen LogP contribution is -2.46. The molecule has 0 aliphatic heterocycles. The Bertz CT molecular complexity index is 278. The Morgan fingerprint density at radius 2 is 1.94 bits per heavy atom. The van der Waals surface area contributed by atoms with Crippen LogP contribution in [0.2, 0.25) is 0 Å². The fraction of sp³-hybridized carbons (Fsp3) is 0.833. The Hall–Kier alpha value is -1.10. The van der Waals surface area contributed by atoms with Crippen LogP contribution in [0.25, 0.3) is 0 Å². The van der Waals surface area contributed by atoms with Crippen LogP contribution in [0.3, 0.4) is 0 Å². The van der Waals surface area contributed by atoms with E-state index in [1.165, 1.54) is 0 Å². The van der Waals surface area contributed by atoms with E-state index in [9.17, 15) is 9.59 Å². The Morgan fingerprint density at radius 1 is 1.35 bits per heavy atom. The Balaban J connectivity index is 2.27. The van der Waals surface area contributed by atoms with Crippen molar-refractivity contribution in [2.45, 2.75) is 52.1 Å². The molecule has 0 saturated heterocycles. The first-order chi connectivity index (χ1) is 7.87. The predicted molar refractivity (Wildman–Crippen MR) is 64.3 cm³/mol. The summed E-state index contributed by atoms with van der Waals surface area (Å²) in [5, 5.41) is 0. The van der Waals surface area contributed by atoms with Crippen LogP contribution < -0.4 is 10.9 Å². The monoisotopic (exact) mass is 242 g/mol. The lowest BCUT2D eigenvalue weighted by Gasteiger charge is -2.24. The smallest absolute Gasteiger partial charge is 0.422 e. The number of hydrazine groups is 1. The van der Waals surface area contributed by atoms with E-state index < -0.39 is 11.7 Å². The summed E-state index contributed by atoms with van der Waals surface area (Å²) in [6.45, 7) is 5.87. The van der Waals surface area contributed by atoms with E-state index in [0.717, 1.165) is 32.0 Å². The van der Waals surface area contributed by atoms with Crippen molar-refractivity contribution in [1.82, 2.24) is 10.9 Å². The summed E-state index contributed by atoms with van der Waals surface area (Å²) in [5.41, 5.74) is 4.42. The van der Waals surface area contributed by atoms with Crippen LogP contribution in [0.4, 0.5) is 4.79 Å². The highest BCUT2D eigenvalue weighted by Crippen LogP contribution is 2.35. The topological polar surface area (TPSA) is 67.4 Å². The van der Waals surface area contributed by atoms with Gasteiger partial charge < -0.3 is 9.53 Å². The number of amides is 1. The molecule has 17 heavy (non-hydrogen) atoms. The van der Waals surface area contributed by atoms with Gasteiger partial charge >= 0.3 is 6.09 Å². The van der Waals surface area contributed by atoms with Crippen molar-refractivity contribution < 1.29 is 14.3 Å². The molecule has 0 atom stereocenters. The molecule has 0 aromatic heterocycles. The number of rotatable bonds is 4. The van der Waals surface area contributed by atoms with Crippen LogP contribution in [0.5, 0.6) is 0 Å². The van der Waals surface area contributed by atoms with E-state index in [2.05, 4.69) is 10.9 Å². The van der Waals surface area contributed by atoms with Gasteiger partial charge in [0, 0.05) is 12.0 Å². The first-order valence-corrected chi connectivity index (χ1v) is 6.05. The van der Waals surface area contributed by atoms with Crippen LogP contribution in [-0.2, 0) is 9.53 Å². The number of hydrogen-bond acceptors (Lipinski definition) is 4. The van der Waals surface area contributed by atoms with E-state index in [-0.39, 0.29) is 5.41 Å². The molecule has 0 spiro atoms. The maximum atomic E-state index is 11.3. The van der Waals surface area contributed by atoms with Gasteiger partial charge in [-0.1, -0.05) is 12.8 Å². The summed E-state index contributed by atoms with van der Waals surface area (Å²) in [5.74, 6) is 0. The third-order valence-corrected chi connectivity index (χ3v) is 2.88. The molecular formula is C12H22N2O3. The van der Waals surface area contributed by atoms with E-state index in [0.29, 0.717) is 6.54 Å². The largest absolute Gasteiger partial charge is 0.443 e. The van der Waals surface area contributed by atoms with Crippen molar-refractivity contribution in [3.8, 4) is 0 Å². The van der Waals surface area contributed by atoms with Crippen LogP contribution in [0.15, 0.2) is 0 Å². The normalized spacial score (nSPS) is 18.8. The maximum Gasteiger partial charge on any atom is 0.422 e. The number of carbonyl (C=O) groups excluding carboxylic acids is 2. The van der Waals surface area contributed by atoms with Crippen LogP contribution in [0.1, 0.15) is 46.5 Å². The molecule has 1 aliphatic rings. The molecule has 1 aliphatic carbocycles. The Kier molecular flexibility index (Phi) is 4.51. The molecule has 5 nitrogen and oxygen atoms in total. The summed E-state index contributed by atoms with van der Waals surface area (Å²) in [7, 11) is 0. The van der Waals surface area contributed by atoms with Gasteiger partial charge in [-0.05, 0) is 33.6 Å². The number of nitrogens with one attached hydrogen (secondary N) is 2. The van der Waals surface area contributed by atoms with E-state index in [1.807, 2.05) is 0 Å². The second-order valence-corrected chi connectivity index (χ2v) is 5.67. The highest BCUT2D eigenvalue weighted by atomic mass is 16.6. The van der Waals surface area contributed by atoms with Gasteiger partial charge in [-0.2, -0.15) is 0 Å². The number of aldehydes is 1. The van der Waals surface area contributed by atoms with E-state index >= 15 is 0 Å². The quantitative estimate of drug-likeness (QED) is 0.582. The summed E-state index contributed by atoms with van der Waals surface area (Å²) in [6.07, 6.45) is 4.42. The van der Waals surface area contributed by atoms with E-state index in [1.54, 1.807) is 20.8 Å². The second-order valence-electron chi connectivity index (χ2n) is 5.67. The molecule has 1 fully saturated rings. The molecule has 1 rings (SSSR count). The van der Waals surface area contributed by atoms with Gasteiger partial charge in [0.15, 0.2) is 0 Å². The lowest BCUT2D eigenvalue weighted by atomic mass is 9.88. The third-order valence-electron chi connectivity index (χ3n) is 2.88. The molecule has 0 aromatic rings. The molecule has 0 unspecified atom stereocenters. The molecule has 1 saturated carbocycles. The Labute approximate surface area is 102 Å². The minimum absolute atomic E-state index is 0.311. The van der Waals surface area contributed by atoms with Crippen molar-refractivity contribution in [3.05, 3.63) is 0 Å². The van der Waals surface area contributed by atoms with Gasteiger partial charge in [0.2, 0.25) is 0 Å². The van der Waals surface area contributed by atoms with Gasteiger partial charge in [-0.25, -0.2) is 10.2 Å². The van der Waals surface area contributed by atoms with Crippen molar-refractivity contribution >= 4 is 12.4 Å². The molecule has 98 valence electrons. The maximum absolute atomic E-state index is 11.3. The minimum Gasteiger partial charge on any atom is -0.443 e. The number of carbonyl (C=O) groups is 2. The molecule has 0 heterocycles. The average molecular weight is 242 g/mol. The SMILES string of the molecule is CC(C)(C)OC(=O)NNCC1(C=O)CCCC1. The summed E-state index contributed by atoms with van der Waals surface area (Å²) in [4.78, 5) is 22.4. The van der Waals surface area contributed by atoms with Gasteiger partial charge in [-0.15, -0.1) is 0 Å². The number of ether oxygens (including phenoxy) is 1. The molecule has 0 bridgehead atoms. The predicted octanol–water partition coefficient (Wildman–Crippen LogP) is 1.77. The van der Waals surface area contributed by atoms with Crippen LogP contribution in [-0.4, -0.2) is 24.5 Å². The van der Waals surface area contributed by atoms with Gasteiger partial charge in [0.05, 0.1) is 0 Å². The van der Waals surface area contributed by atoms with Gasteiger partial charge in [0.1, 0.15) is 11.9 Å². The summed E-state index contributed by atoms with van der Waals surface area (Å²) < 4.78 is 5.07. The second kappa shape index (κ2) is 5.49. The van der Waals surface area contributed by atoms with Gasteiger partial charge in [-0.3, -0.25) is 5.43 Å². The fourth-order valence-corrected chi connectivity index (χ4v) is 2.01. The van der Waals surface area contributed by atoms with Crippen molar-refractivity contribution in [3.63, 3.8) is 0 Å². The summed E-state index contributed by atoms with van der Waals surface area (Å²) in [6, 6.07) is 0. The van der Waals surface area contributed by atoms with Crippen molar-refractivity contribution in [1.29, 1.82) is 0 Å². The summed E-state index contributed by atoms with van der Waals surface area (Å²) >= 11 is 0. The molecular weight excluding hydrogens is 220 g/mol. The first kappa shape index (κ1) is 14.0. The zero-order valence-corrected chi connectivity index (χ0v) is 10.8. The molecule has 0 aromatic carbocycles. The fourth-order valence-electron chi connectivity index (χ4n) is 2.01. The van der Waals surface area contributed by atoms with Crippen molar-refractivity contribution in [2.75, 3.05) is 6.54 Å². The molecule has 2 N–H and O–H groups in total. The first-order valence-electron chi connectivity index (χ1n) is 6.05. The molecule has 0 radical (unpaired) electrons. The van der Waals surface area contributed by atoms with Gasteiger partial charge in [0.25, 0.3) is 0 Å². The zero-order valence-electron chi connectivity index (χ0n) is 10.8. The minimum atomic E-state index is -0.517. The zero-order chi connectivity index (χ0) is 12.9. The van der Waals surface area contributed by atoms with Crippen LogP contribution >= 0.6 is 0 Å². The third kappa shape index (κ3) is 4.73. The Morgan fingerprint density at radius 3 is 2.41 bits per heavy atom. The number of hydrogen-bond donors (Lipinski definition) is 2. The average Bonchev–Trinajstić information content (AvgIpc) is 2.64. The van der Waals surface area contributed by atoms with Crippen molar-refractivity contribution in [2.24, 2.45) is 5.41 Å². The van der Waals surface area contributed by atoms with Crippen LogP contribution in [0, 0.1) is 5.41 Å².